The first-order valence-corrected chi connectivity index (χ1v) is 7.52. The van der Waals surface area contributed by atoms with Crippen LogP contribution in [-0.2, 0) is 0 Å². The van der Waals surface area contributed by atoms with Gasteiger partial charge in [0.25, 0.3) is 0 Å². The zero-order valence-corrected chi connectivity index (χ0v) is 11.6. The van der Waals surface area contributed by atoms with Gasteiger partial charge < -0.3 is 10.4 Å². The molecule has 3 nitrogen and oxygen atoms in total. The smallest absolute Gasteiger partial charge is 0.338 e. The van der Waals surface area contributed by atoms with Crippen molar-refractivity contribution in [1.29, 1.82) is 0 Å². The standard InChI is InChI=1S/C14H19NO2S/c1-9-5-3-6-10(9)15-11-7-4-8-12(18-2)13(11)14(16)17/h4,7-10,15H,3,5-6H2,1-2H3,(H,16,17). The van der Waals surface area contributed by atoms with Crippen molar-refractivity contribution in [3.05, 3.63) is 23.8 Å². The maximum atomic E-state index is 11.4. The third-order valence-electron chi connectivity index (χ3n) is 3.66. The first-order chi connectivity index (χ1) is 8.63. The molecule has 1 aromatic rings. The number of carbonyl (C=O) groups is 1. The SMILES string of the molecule is CSc1cccc(NC2CCCC2C)c1C(=O)O. The Bertz CT molecular complexity index is 447. The highest BCUT2D eigenvalue weighted by Gasteiger charge is 2.25. The zero-order chi connectivity index (χ0) is 13.1. The van der Waals surface area contributed by atoms with Gasteiger partial charge in [0.15, 0.2) is 0 Å². The molecule has 2 atom stereocenters. The van der Waals surface area contributed by atoms with Crippen molar-refractivity contribution < 1.29 is 9.90 Å². The maximum absolute atomic E-state index is 11.4. The van der Waals surface area contributed by atoms with E-state index in [1.165, 1.54) is 24.6 Å². The molecular formula is C14H19NO2S. The van der Waals surface area contributed by atoms with Crippen LogP contribution in [0.5, 0.6) is 0 Å². The minimum Gasteiger partial charge on any atom is -0.478 e. The average Bonchev–Trinajstić information content (AvgIpc) is 2.74. The first-order valence-electron chi connectivity index (χ1n) is 6.30. The van der Waals surface area contributed by atoms with E-state index in [9.17, 15) is 9.90 Å². The van der Waals surface area contributed by atoms with Crippen LogP contribution < -0.4 is 5.32 Å². The van der Waals surface area contributed by atoms with Crippen LogP contribution in [0.4, 0.5) is 5.69 Å². The molecule has 0 saturated heterocycles. The number of carboxylic acids is 1. The molecule has 0 bridgehead atoms. The second-order valence-electron chi connectivity index (χ2n) is 4.85. The number of thioether (sulfide) groups is 1. The lowest BCUT2D eigenvalue weighted by atomic mass is 10.1. The fourth-order valence-corrected chi connectivity index (χ4v) is 3.22. The van der Waals surface area contributed by atoms with E-state index in [4.69, 9.17) is 0 Å². The lowest BCUT2D eigenvalue weighted by Crippen LogP contribution is -2.23. The molecule has 0 aliphatic heterocycles. The quantitative estimate of drug-likeness (QED) is 0.815. The van der Waals surface area contributed by atoms with Gasteiger partial charge in [0.2, 0.25) is 0 Å². The molecule has 98 valence electrons. The maximum Gasteiger partial charge on any atom is 0.338 e. The van der Waals surface area contributed by atoms with E-state index in [2.05, 4.69) is 12.2 Å². The van der Waals surface area contributed by atoms with Gasteiger partial charge in [-0.15, -0.1) is 11.8 Å². The highest BCUT2D eigenvalue weighted by molar-refractivity contribution is 7.98. The molecule has 2 rings (SSSR count). The average molecular weight is 265 g/mol. The Hall–Kier alpha value is -1.16. The number of rotatable bonds is 4. The molecule has 1 aromatic carbocycles. The molecule has 2 unspecified atom stereocenters. The van der Waals surface area contributed by atoms with Gasteiger partial charge in [-0.1, -0.05) is 19.4 Å². The third kappa shape index (κ3) is 2.64. The third-order valence-corrected chi connectivity index (χ3v) is 4.44. The van der Waals surface area contributed by atoms with E-state index in [1.54, 1.807) is 0 Å². The number of nitrogens with one attached hydrogen (secondary N) is 1. The molecule has 2 N–H and O–H groups in total. The van der Waals surface area contributed by atoms with Gasteiger partial charge in [-0.05, 0) is 37.1 Å². The fourth-order valence-electron chi connectivity index (χ4n) is 2.60. The second kappa shape index (κ2) is 5.65. The summed E-state index contributed by atoms with van der Waals surface area (Å²) in [6.45, 7) is 2.23. The molecule has 0 radical (unpaired) electrons. The van der Waals surface area contributed by atoms with Crippen molar-refractivity contribution in [3.8, 4) is 0 Å². The molecule has 0 spiro atoms. The van der Waals surface area contributed by atoms with Gasteiger partial charge in [-0.25, -0.2) is 4.79 Å². The van der Waals surface area contributed by atoms with Crippen molar-refractivity contribution in [1.82, 2.24) is 0 Å². The van der Waals surface area contributed by atoms with Gasteiger partial charge >= 0.3 is 5.97 Å². The number of anilines is 1. The minimum atomic E-state index is -0.854. The van der Waals surface area contributed by atoms with Crippen molar-refractivity contribution in [2.24, 2.45) is 5.92 Å². The largest absolute Gasteiger partial charge is 0.478 e. The number of hydrogen-bond acceptors (Lipinski definition) is 3. The Morgan fingerprint density at radius 1 is 1.44 bits per heavy atom. The van der Waals surface area contributed by atoms with Crippen LogP contribution in [0.3, 0.4) is 0 Å². The van der Waals surface area contributed by atoms with Gasteiger partial charge in [0.05, 0.1) is 11.3 Å². The first kappa shape index (κ1) is 13.3. The Kier molecular flexibility index (Phi) is 4.17. The minimum absolute atomic E-state index is 0.403. The molecule has 4 heteroatoms. The summed E-state index contributed by atoms with van der Waals surface area (Å²) in [4.78, 5) is 12.2. The Morgan fingerprint density at radius 2 is 2.22 bits per heavy atom. The van der Waals surface area contributed by atoms with Crippen LogP contribution in [0, 0.1) is 5.92 Å². The molecule has 1 aliphatic carbocycles. The number of carboxylic acid groups (broad SMARTS) is 1. The monoisotopic (exact) mass is 265 g/mol. The van der Waals surface area contributed by atoms with Crippen LogP contribution in [-0.4, -0.2) is 23.4 Å². The molecule has 0 amide bonds. The van der Waals surface area contributed by atoms with Gasteiger partial charge in [0.1, 0.15) is 0 Å². The summed E-state index contributed by atoms with van der Waals surface area (Å²) in [5, 5.41) is 12.8. The summed E-state index contributed by atoms with van der Waals surface area (Å²) >= 11 is 1.48. The predicted octanol–water partition coefficient (Wildman–Crippen LogP) is 3.71. The van der Waals surface area contributed by atoms with E-state index in [1.807, 2.05) is 24.5 Å². The van der Waals surface area contributed by atoms with Gasteiger partial charge in [0, 0.05) is 10.9 Å². The van der Waals surface area contributed by atoms with Crippen LogP contribution >= 0.6 is 11.8 Å². The predicted molar refractivity (Wildman–Crippen MR) is 75.6 cm³/mol. The highest BCUT2D eigenvalue weighted by atomic mass is 32.2. The Labute approximate surface area is 112 Å². The molecule has 18 heavy (non-hydrogen) atoms. The number of hydrogen-bond donors (Lipinski definition) is 2. The summed E-state index contributed by atoms with van der Waals surface area (Å²) in [5.74, 6) is -0.238. The van der Waals surface area contributed by atoms with Crippen molar-refractivity contribution in [2.75, 3.05) is 11.6 Å². The fraction of sp³-hybridized carbons (Fsp3) is 0.500. The van der Waals surface area contributed by atoms with Crippen LogP contribution in [0.2, 0.25) is 0 Å². The van der Waals surface area contributed by atoms with E-state index in [0.717, 1.165) is 17.0 Å². The summed E-state index contributed by atoms with van der Waals surface area (Å²) in [5.41, 5.74) is 1.16. The van der Waals surface area contributed by atoms with E-state index < -0.39 is 5.97 Å². The molecule has 0 aromatic heterocycles. The lowest BCUT2D eigenvalue weighted by Gasteiger charge is -2.20. The molecule has 1 saturated carbocycles. The summed E-state index contributed by atoms with van der Waals surface area (Å²) in [7, 11) is 0. The molecule has 1 fully saturated rings. The topological polar surface area (TPSA) is 49.3 Å². The van der Waals surface area contributed by atoms with Crippen LogP contribution in [0.1, 0.15) is 36.5 Å². The molecular weight excluding hydrogens is 246 g/mol. The Morgan fingerprint density at radius 3 is 2.78 bits per heavy atom. The summed E-state index contributed by atoms with van der Waals surface area (Å²) in [6, 6.07) is 6.05. The summed E-state index contributed by atoms with van der Waals surface area (Å²) in [6.07, 6.45) is 5.49. The zero-order valence-electron chi connectivity index (χ0n) is 10.8. The van der Waals surface area contributed by atoms with Crippen LogP contribution in [0.15, 0.2) is 23.1 Å². The second-order valence-corrected chi connectivity index (χ2v) is 5.70. The lowest BCUT2D eigenvalue weighted by molar-refractivity contribution is 0.0694. The highest BCUT2D eigenvalue weighted by Crippen LogP contribution is 2.32. The van der Waals surface area contributed by atoms with Crippen molar-refractivity contribution >= 4 is 23.4 Å². The van der Waals surface area contributed by atoms with E-state index >= 15 is 0 Å². The Balaban J connectivity index is 2.29. The molecule has 0 heterocycles. The van der Waals surface area contributed by atoms with Crippen molar-refractivity contribution in [3.63, 3.8) is 0 Å². The number of benzene rings is 1. The van der Waals surface area contributed by atoms with Crippen molar-refractivity contribution in [2.45, 2.75) is 37.1 Å². The van der Waals surface area contributed by atoms with E-state index in [-0.39, 0.29) is 0 Å². The summed E-state index contributed by atoms with van der Waals surface area (Å²) < 4.78 is 0. The normalized spacial score (nSPS) is 23.0. The number of aromatic carboxylic acids is 1. The van der Waals surface area contributed by atoms with Crippen LogP contribution in [0.25, 0.3) is 0 Å². The van der Waals surface area contributed by atoms with Gasteiger partial charge in [-0.3, -0.25) is 0 Å². The van der Waals surface area contributed by atoms with E-state index in [0.29, 0.717) is 17.5 Å². The van der Waals surface area contributed by atoms with Gasteiger partial charge in [-0.2, -0.15) is 0 Å². The molecule has 1 aliphatic rings.